The number of carbonyl (C=O) groups excluding carboxylic acids is 1. The number of nitrogens with zero attached hydrogens (tertiary/aromatic N) is 4. The SMILES string of the molecule is N#Cc1cccnc1N1CCN(C(=O)CCCc2cccs2)CC1. The van der Waals surface area contributed by atoms with Crippen molar-refractivity contribution in [3.63, 3.8) is 0 Å². The third-order valence-corrected chi connectivity index (χ3v) is 5.17. The van der Waals surface area contributed by atoms with Crippen molar-refractivity contribution in [2.45, 2.75) is 19.3 Å². The summed E-state index contributed by atoms with van der Waals surface area (Å²) in [4.78, 5) is 22.0. The fourth-order valence-corrected chi connectivity index (χ4v) is 3.68. The van der Waals surface area contributed by atoms with Gasteiger partial charge in [0.05, 0.1) is 5.56 Å². The highest BCUT2D eigenvalue weighted by molar-refractivity contribution is 7.09. The third kappa shape index (κ3) is 3.92. The Morgan fingerprint density at radius 2 is 2.08 bits per heavy atom. The van der Waals surface area contributed by atoms with Crippen LogP contribution in [0, 0.1) is 11.3 Å². The molecule has 0 unspecified atom stereocenters. The number of hydrogen-bond donors (Lipinski definition) is 0. The van der Waals surface area contributed by atoms with Gasteiger partial charge >= 0.3 is 0 Å². The summed E-state index contributed by atoms with van der Waals surface area (Å²) in [5.41, 5.74) is 0.591. The minimum Gasteiger partial charge on any atom is -0.352 e. The summed E-state index contributed by atoms with van der Waals surface area (Å²) in [6.45, 7) is 2.84. The minimum atomic E-state index is 0.229. The van der Waals surface area contributed by atoms with Gasteiger partial charge in [0, 0.05) is 43.7 Å². The Balaban J connectivity index is 1.48. The predicted octanol–water partition coefficient (Wildman–Crippen LogP) is 2.69. The maximum Gasteiger partial charge on any atom is 0.222 e. The van der Waals surface area contributed by atoms with Crippen LogP contribution in [0.4, 0.5) is 5.82 Å². The molecule has 3 rings (SSSR count). The minimum absolute atomic E-state index is 0.229. The van der Waals surface area contributed by atoms with E-state index in [2.05, 4.69) is 27.4 Å². The van der Waals surface area contributed by atoms with Crippen molar-refractivity contribution < 1.29 is 4.79 Å². The van der Waals surface area contributed by atoms with E-state index in [1.165, 1.54) is 4.88 Å². The predicted molar refractivity (Wildman–Crippen MR) is 95.0 cm³/mol. The largest absolute Gasteiger partial charge is 0.352 e. The van der Waals surface area contributed by atoms with Gasteiger partial charge in [0.25, 0.3) is 0 Å². The second kappa shape index (κ2) is 7.93. The molecular formula is C18H20N4OS. The van der Waals surface area contributed by atoms with Crippen LogP contribution in [0.1, 0.15) is 23.3 Å². The van der Waals surface area contributed by atoms with Gasteiger partial charge in [-0.25, -0.2) is 4.98 Å². The maximum atomic E-state index is 12.3. The maximum absolute atomic E-state index is 12.3. The van der Waals surface area contributed by atoms with Crippen molar-refractivity contribution in [2.24, 2.45) is 0 Å². The molecular weight excluding hydrogens is 320 g/mol. The van der Waals surface area contributed by atoms with Crippen molar-refractivity contribution in [3.05, 3.63) is 46.3 Å². The number of piperazine rings is 1. The van der Waals surface area contributed by atoms with Crippen LogP contribution in [0.3, 0.4) is 0 Å². The summed E-state index contributed by atoms with van der Waals surface area (Å²) in [5.74, 6) is 0.956. The van der Waals surface area contributed by atoms with Crippen LogP contribution in [0.5, 0.6) is 0 Å². The number of carbonyl (C=O) groups is 1. The van der Waals surface area contributed by atoms with E-state index in [4.69, 9.17) is 0 Å². The van der Waals surface area contributed by atoms with Crippen molar-refractivity contribution in [3.8, 4) is 6.07 Å². The van der Waals surface area contributed by atoms with E-state index in [1.54, 1.807) is 29.7 Å². The number of amides is 1. The number of rotatable bonds is 5. The van der Waals surface area contributed by atoms with Gasteiger partial charge in [-0.2, -0.15) is 5.26 Å². The lowest BCUT2D eigenvalue weighted by molar-refractivity contribution is -0.131. The lowest BCUT2D eigenvalue weighted by Crippen LogP contribution is -2.49. The molecule has 0 bridgehead atoms. The van der Waals surface area contributed by atoms with Crippen LogP contribution in [-0.2, 0) is 11.2 Å². The fraction of sp³-hybridized carbons (Fsp3) is 0.389. The smallest absolute Gasteiger partial charge is 0.222 e. The van der Waals surface area contributed by atoms with E-state index in [0.717, 1.165) is 31.7 Å². The van der Waals surface area contributed by atoms with E-state index < -0.39 is 0 Å². The quantitative estimate of drug-likeness (QED) is 0.840. The molecule has 1 fully saturated rings. The highest BCUT2D eigenvalue weighted by Gasteiger charge is 2.22. The molecule has 3 heterocycles. The highest BCUT2D eigenvalue weighted by Crippen LogP contribution is 2.19. The number of nitriles is 1. The molecule has 1 aliphatic rings. The molecule has 6 heteroatoms. The summed E-state index contributed by atoms with van der Waals surface area (Å²) in [6, 6.07) is 9.91. The van der Waals surface area contributed by atoms with Gasteiger partial charge in [-0.15, -0.1) is 11.3 Å². The number of aromatic nitrogens is 1. The van der Waals surface area contributed by atoms with E-state index in [9.17, 15) is 10.1 Å². The van der Waals surface area contributed by atoms with E-state index in [0.29, 0.717) is 25.1 Å². The monoisotopic (exact) mass is 340 g/mol. The number of thiophene rings is 1. The van der Waals surface area contributed by atoms with Gasteiger partial charge in [0.2, 0.25) is 5.91 Å². The zero-order chi connectivity index (χ0) is 16.8. The first-order chi connectivity index (χ1) is 11.8. The molecule has 0 N–H and O–H groups in total. The summed E-state index contributed by atoms with van der Waals surface area (Å²) in [5, 5.41) is 11.3. The Kier molecular flexibility index (Phi) is 5.44. The average molecular weight is 340 g/mol. The molecule has 1 aliphatic heterocycles. The molecule has 0 aromatic carbocycles. The number of anilines is 1. The molecule has 0 spiro atoms. The Bertz CT molecular complexity index is 715. The normalized spacial score (nSPS) is 14.5. The van der Waals surface area contributed by atoms with Gasteiger partial charge in [-0.1, -0.05) is 6.07 Å². The van der Waals surface area contributed by atoms with Crippen LogP contribution in [0.25, 0.3) is 0 Å². The average Bonchev–Trinajstić information content (AvgIpc) is 3.15. The Morgan fingerprint density at radius 1 is 1.25 bits per heavy atom. The van der Waals surface area contributed by atoms with E-state index in [-0.39, 0.29) is 5.91 Å². The second-order valence-corrected chi connectivity index (χ2v) is 6.82. The second-order valence-electron chi connectivity index (χ2n) is 5.79. The summed E-state index contributed by atoms with van der Waals surface area (Å²) < 4.78 is 0. The van der Waals surface area contributed by atoms with Crippen LogP contribution >= 0.6 is 11.3 Å². The molecule has 24 heavy (non-hydrogen) atoms. The van der Waals surface area contributed by atoms with Gasteiger partial charge in [-0.05, 0) is 36.4 Å². The van der Waals surface area contributed by atoms with Gasteiger partial charge in [-0.3, -0.25) is 4.79 Å². The number of aryl methyl sites for hydroxylation is 1. The summed E-state index contributed by atoms with van der Waals surface area (Å²) in [6.07, 6.45) is 4.18. The number of pyridine rings is 1. The Hall–Kier alpha value is -2.39. The highest BCUT2D eigenvalue weighted by atomic mass is 32.1. The topological polar surface area (TPSA) is 60.2 Å². The molecule has 0 saturated carbocycles. The van der Waals surface area contributed by atoms with Crippen LogP contribution in [0.2, 0.25) is 0 Å². The van der Waals surface area contributed by atoms with Crippen LogP contribution < -0.4 is 4.90 Å². The lowest BCUT2D eigenvalue weighted by atomic mass is 10.2. The van der Waals surface area contributed by atoms with Crippen molar-refractivity contribution in [1.82, 2.24) is 9.88 Å². The van der Waals surface area contributed by atoms with Crippen LogP contribution in [0.15, 0.2) is 35.8 Å². The lowest BCUT2D eigenvalue weighted by Gasteiger charge is -2.35. The van der Waals surface area contributed by atoms with Gasteiger partial charge in [0.15, 0.2) is 0 Å². The molecule has 5 nitrogen and oxygen atoms in total. The zero-order valence-corrected chi connectivity index (χ0v) is 14.3. The van der Waals surface area contributed by atoms with E-state index in [1.807, 2.05) is 11.0 Å². The molecule has 1 amide bonds. The molecule has 2 aromatic heterocycles. The Morgan fingerprint density at radius 3 is 2.79 bits per heavy atom. The van der Waals surface area contributed by atoms with Crippen molar-refractivity contribution >= 4 is 23.1 Å². The molecule has 1 saturated heterocycles. The fourth-order valence-electron chi connectivity index (χ4n) is 2.93. The first-order valence-corrected chi connectivity index (χ1v) is 9.06. The van der Waals surface area contributed by atoms with Crippen LogP contribution in [-0.4, -0.2) is 42.0 Å². The molecule has 2 aromatic rings. The molecule has 0 aliphatic carbocycles. The standard InChI is InChI=1S/C18H20N4OS/c19-14-15-4-2-8-20-18(15)22-11-9-21(10-12-22)17(23)7-1-5-16-6-3-13-24-16/h2-4,6,8,13H,1,5,7,9-12H2. The third-order valence-electron chi connectivity index (χ3n) is 4.23. The van der Waals surface area contributed by atoms with E-state index >= 15 is 0 Å². The first kappa shape index (κ1) is 16.5. The van der Waals surface area contributed by atoms with Crippen molar-refractivity contribution in [1.29, 1.82) is 5.26 Å². The zero-order valence-electron chi connectivity index (χ0n) is 13.5. The summed E-state index contributed by atoms with van der Waals surface area (Å²) in [7, 11) is 0. The van der Waals surface area contributed by atoms with Gasteiger partial charge < -0.3 is 9.80 Å². The Labute approximate surface area is 146 Å². The van der Waals surface area contributed by atoms with Crippen molar-refractivity contribution in [2.75, 3.05) is 31.1 Å². The summed E-state index contributed by atoms with van der Waals surface area (Å²) >= 11 is 1.75. The number of hydrogen-bond acceptors (Lipinski definition) is 5. The molecule has 124 valence electrons. The molecule has 0 radical (unpaired) electrons. The first-order valence-electron chi connectivity index (χ1n) is 8.18. The van der Waals surface area contributed by atoms with Gasteiger partial charge in [0.1, 0.15) is 11.9 Å². The molecule has 0 atom stereocenters.